The van der Waals surface area contributed by atoms with E-state index in [0.717, 1.165) is 49.0 Å². The van der Waals surface area contributed by atoms with Gasteiger partial charge in [0, 0.05) is 30.9 Å². The third kappa shape index (κ3) is 4.74. The minimum Gasteiger partial charge on any atom is -0.372 e. The Morgan fingerprint density at radius 2 is 1.68 bits per heavy atom. The zero-order chi connectivity index (χ0) is 18.4. The van der Waals surface area contributed by atoms with E-state index in [9.17, 15) is 0 Å². The number of halogens is 2. The summed E-state index contributed by atoms with van der Waals surface area (Å²) in [5.41, 5.74) is 3.68. The summed E-state index contributed by atoms with van der Waals surface area (Å²) in [5, 5.41) is 1.27. The minimum atomic E-state index is 0.633. The zero-order valence-corrected chi connectivity index (χ0v) is 16.9. The molecule has 0 atom stereocenters. The van der Waals surface area contributed by atoms with E-state index in [-0.39, 0.29) is 0 Å². The molecule has 3 nitrogen and oxygen atoms in total. The largest absolute Gasteiger partial charge is 0.372 e. The second-order valence-corrected chi connectivity index (χ2v) is 6.54. The molecular weight excluding hydrogens is 353 g/mol. The Morgan fingerprint density at radius 1 is 1.00 bits per heavy atom. The SMILES string of the molecule is CCN(CC)c1ccc(N=C2C=CC(=[N+](CC)CC)C=C2Cl)c(Cl)c1. The smallest absolute Gasteiger partial charge is 0.201 e. The van der Waals surface area contributed by atoms with Crippen LogP contribution in [0.4, 0.5) is 11.4 Å². The van der Waals surface area contributed by atoms with Gasteiger partial charge in [-0.2, -0.15) is 0 Å². The van der Waals surface area contributed by atoms with Gasteiger partial charge in [0.05, 0.1) is 21.5 Å². The normalized spacial score (nSPS) is 15.5. The summed E-state index contributed by atoms with van der Waals surface area (Å²) in [6.45, 7) is 12.3. The summed E-state index contributed by atoms with van der Waals surface area (Å²) in [4.78, 5) is 6.89. The Kier molecular flexibility index (Phi) is 7.27. The van der Waals surface area contributed by atoms with Gasteiger partial charge < -0.3 is 4.90 Å². The van der Waals surface area contributed by atoms with E-state index < -0.39 is 0 Å². The van der Waals surface area contributed by atoms with Gasteiger partial charge in [0.1, 0.15) is 13.1 Å². The first-order chi connectivity index (χ1) is 12.0. The summed E-state index contributed by atoms with van der Waals surface area (Å²) in [6.07, 6.45) is 5.96. The summed E-state index contributed by atoms with van der Waals surface area (Å²) in [7, 11) is 0. The van der Waals surface area contributed by atoms with E-state index in [1.54, 1.807) is 0 Å². The molecule has 0 N–H and O–H groups in total. The third-order valence-electron chi connectivity index (χ3n) is 4.36. The number of benzene rings is 1. The average molecular weight is 379 g/mol. The van der Waals surface area contributed by atoms with Crippen molar-refractivity contribution in [2.24, 2.45) is 4.99 Å². The number of hydrogen-bond acceptors (Lipinski definition) is 2. The standard InChI is InChI=1S/C20H26Cl2N3/c1-5-24(6-2)15-9-11-19(17(21)13-15)23-20-12-10-16(14-18(20)22)25(7-3)8-4/h9-14H,5-8H2,1-4H3/q+1. The molecule has 0 heterocycles. The lowest BCUT2D eigenvalue weighted by Crippen LogP contribution is -2.21. The van der Waals surface area contributed by atoms with E-state index >= 15 is 0 Å². The molecule has 134 valence electrons. The molecule has 1 aliphatic rings. The zero-order valence-electron chi connectivity index (χ0n) is 15.4. The maximum absolute atomic E-state index is 6.44. The third-order valence-corrected chi connectivity index (χ3v) is 4.97. The first kappa shape index (κ1) is 19.7. The number of hydrogen-bond donors (Lipinski definition) is 0. The van der Waals surface area contributed by atoms with Crippen LogP contribution in [0.3, 0.4) is 0 Å². The molecule has 0 aromatic heterocycles. The van der Waals surface area contributed by atoms with Gasteiger partial charge in [-0.05, 0) is 52.0 Å². The molecule has 0 aliphatic heterocycles. The van der Waals surface area contributed by atoms with Crippen LogP contribution in [0.1, 0.15) is 27.7 Å². The van der Waals surface area contributed by atoms with Crippen LogP contribution in [-0.4, -0.2) is 42.2 Å². The lowest BCUT2D eigenvalue weighted by Gasteiger charge is -2.21. The van der Waals surface area contributed by atoms with Gasteiger partial charge in [0.2, 0.25) is 5.71 Å². The molecule has 0 spiro atoms. The quantitative estimate of drug-likeness (QED) is 0.475. The van der Waals surface area contributed by atoms with E-state index in [1.165, 1.54) is 0 Å². The van der Waals surface area contributed by atoms with Crippen LogP contribution in [0.2, 0.25) is 5.02 Å². The molecule has 0 unspecified atom stereocenters. The fourth-order valence-corrected chi connectivity index (χ4v) is 3.31. The lowest BCUT2D eigenvalue weighted by atomic mass is 10.1. The Hall–Kier alpha value is -1.58. The number of rotatable bonds is 6. The molecule has 0 amide bonds. The fourth-order valence-electron chi connectivity index (χ4n) is 2.87. The first-order valence-corrected chi connectivity index (χ1v) is 9.60. The Labute approximate surface area is 161 Å². The van der Waals surface area contributed by atoms with E-state index in [0.29, 0.717) is 10.1 Å². The van der Waals surface area contributed by atoms with Crippen LogP contribution in [0.25, 0.3) is 0 Å². The van der Waals surface area contributed by atoms with Crippen LogP contribution < -0.4 is 4.90 Å². The first-order valence-electron chi connectivity index (χ1n) is 8.84. The van der Waals surface area contributed by atoms with Gasteiger partial charge in [-0.15, -0.1) is 0 Å². The van der Waals surface area contributed by atoms with Gasteiger partial charge in [-0.1, -0.05) is 23.2 Å². The maximum Gasteiger partial charge on any atom is 0.201 e. The van der Waals surface area contributed by atoms with Crippen LogP contribution in [0, 0.1) is 0 Å². The number of allylic oxidation sites excluding steroid dienone is 4. The summed E-state index contributed by atoms with van der Waals surface area (Å²) >= 11 is 12.9. The average Bonchev–Trinajstić information content (AvgIpc) is 2.61. The molecule has 25 heavy (non-hydrogen) atoms. The van der Waals surface area contributed by atoms with Crippen molar-refractivity contribution in [3.8, 4) is 0 Å². The minimum absolute atomic E-state index is 0.633. The predicted octanol–water partition coefficient (Wildman–Crippen LogP) is 5.44. The van der Waals surface area contributed by atoms with Crippen molar-refractivity contribution < 1.29 is 4.58 Å². The van der Waals surface area contributed by atoms with Crippen LogP contribution >= 0.6 is 23.2 Å². The van der Waals surface area contributed by atoms with Crippen molar-refractivity contribution in [2.75, 3.05) is 31.1 Å². The molecule has 0 bridgehead atoms. The van der Waals surface area contributed by atoms with E-state index in [1.807, 2.05) is 24.3 Å². The number of anilines is 1. The van der Waals surface area contributed by atoms with E-state index in [4.69, 9.17) is 23.2 Å². The van der Waals surface area contributed by atoms with Crippen LogP contribution in [0.5, 0.6) is 0 Å². The molecule has 0 saturated carbocycles. The summed E-state index contributed by atoms with van der Waals surface area (Å²) in [5.74, 6) is 0. The highest BCUT2D eigenvalue weighted by atomic mass is 35.5. The molecular formula is C20H26Cl2N3+. The molecule has 1 aromatic carbocycles. The van der Waals surface area contributed by atoms with Gasteiger partial charge in [0.15, 0.2) is 0 Å². The molecule has 0 radical (unpaired) electrons. The number of aliphatic imine (C=N–C) groups is 1. The Bertz CT molecular complexity index is 735. The second-order valence-electron chi connectivity index (χ2n) is 5.73. The van der Waals surface area contributed by atoms with Crippen molar-refractivity contribution in [1.29, 1.82) is 0 Å². The second kappa shape index (κ2) is 9.21. The molecule has 1 aliphatic carbocycles. The van der Waals surface area contributed by atoms with Crippen LogP contribution in [-0.2, 0) is 0 Å². The predicted molar refractivity (Wildman–Crippen MR) is 112 cm³/mol. The fraction of sp³-hybridized carbons (Fsp3) is 0.400. The lowest BCUT2D eigenvalue weighted by molar-refractivity contribution is -0.519. The van der Waals surface area contributed by atoms with Crippen molar-refractivity contribution in [3.63, 3.8) is 0 Å². The topological polar surface area (TPSA) is 18.6 Å². The highest BCUT2D eigenvalue weighted by molar-refractivity contribution is 6.48. The Morgan fingerprint density at radius 3 is 2.20 bits per heavy atom. The highest BCUT2D eigenvalue weighted by Gasteiger charge is 2.15. The van der Waals surface area contributed by atoms with Gasteiger partial charge in [-0.3, -0.25) is 0 Å². The van der Waals surface area contributed by atoms with Gasteiger partial charge >= 0.3 is 0 Å². The monoisotopic (exact) mass is 378 g/mol. The van der Waals surface area contributed by atoms with Gasteiger partial charge in [-0.25, -0.2) is 9.57 Å². The summed E-state index contributed by atoms with van der Waals surface area (Å²) < 4.78 is 2.25. The summed E-state index contributed by atoms with van der Waals surface area (Å²) in [6, 6.07) is 5.96. The van der Waals surface area contributed by atoms with Crippen molar-refractivity contribution in [2.45, 2.75) is 27.7 Å². The Balaban J connectivity index is 2.32. The maximum atomic E-state index is 6.44. The van der Waals surface area contributed by atoms with E-state index in [2.05, 4.69) is 54.3 Å². The van der Waals surface area contributed by atoms with Crippen molar-refractivity contribution in [1.82, 2.24) is 0 Å². The highest BCUT2D eigenvalue weighted by Crippen LogP contribution is 2.31. The van der Waals surface area contributed by atoms with Crippen molar-refractivity contribution in [3.05, 3.63) is 46.5 Å². The van der Waals surface area contributed by atoms with Crippen LogP contribution in [0.15, 0.2) is 46.5 Å². The molecule has 5 heteroatoms. The van der Waals surface area contributed by atoms with Gasteiger partial charge in [0.25, 0.3) is 0 Å². The van der Waals surface area contributed by atoms with Crippen molar-refractivity contribution >= 4 is 46.0 Å². The molecule has 1 aromatic rings. The molecule has 0 saturated heterocycles. The molecule has 2 rings (SSSR count). The number of nitrogens with zero attached hydrogens (tertiary/aromatic N) is 3. The molecule has 0 fully saturated rings.